The second kappa shape index (κ2) is 9.27. The van der Waals surface area contributed by atoms with Gasteiger partial charge in [0.15, 0.2) is 5.75 Å². The van der Waals surface area contributed by atoms with Crippen molar-refractivity contribution < 1.29 is 18.9 Å². The molecule has 0 saturated carbocycles. The Kier molecular flexibility index (Phi) is 9.29. The van der Waals surface area contributed by atoms with Crippen LogP contribution in [0.3, 0.4) is 0 Å². The number of hydrogen-bond acceptors (Lipinski definition) is 2. The summed E-state index contributed by atoms with van der Waals surface area (Å²) in [4.78, 5) is 0. The van der Waals surface area contributed by atoms with Crippen molar-refractivity contribution in [2.24, 2.45) is 0 Å². The highest BCUT2D eigenvalue weighted by Crippen LogP contribution is 2.10. The minimum Gasteiger partial charge on any atom is -0.159 e. The molecule has 0 aliphatic heterocycles. The van der Waals surface area contributed by atoms with E-state index in [0.717, 1.165) is 12.8 Å². The number of unbranched alkanes of at least 4 members (excludes halogenated alkanes) is 7. The molecule has 15 heavy (non-hydrogen) atoms. The predicted octanol–water partition coefficient (Wildman–Crippen LogP) is 2.06. The predicted molar refractivity (Wildman–Crippen MR) is 60.2 cm³/mol. The van der Waals surface area contributed by atoms with E-state index in [4.69, 9.17) is 0 Å². The SMILES string of the molecule is CCCCCCCCCC[S+]([O])(=O)O[NH3+]. The zero-order valence-electron chi connectivity index (χ0n) is 9.70. The summed E-state index contributed by atoms with van der Waals surface area (Å²) >= 11 is 0. The molecule has 0 saturated heterocycles. The molecular weight excluding hydrogens is 214 g/mol. The molecule has 5 heteroatoms. The van der Waals surface area contributed by atoms with Crippen molar-refractivity contribution in [1.82, 2.24) is 0 Å². The monoisotopic (exact) mass is 238 g/mol. The van der Waals surface area contributed by atoms with E-state index in [1.165, 1.54) is 32.1 Å². The van der Waals surface area contributed by atoms with E-state index >= 15 is 0 Å². The van der Waals surface area contributed by atoms with Crippen molar-refractivity contribution in [3.8, 4) is 0 Å². The van der Waals surface area contributed by atoms with Gasteiger partial charge in [0.1, 0.15) is 0 Å². The average Bonchev–Trinajstić information content (AvgIpc) is 2.22. The highest BCUT2D eigenvalue weighted by molar-refractivity contribution is 7.92. The number of quaternary nitrogens is 1. The smallest absolute Gasteiger partial charge is 0.159 e. The number of rotatable bonds is 10. The van der Waals surface area contributed by atoms with Crippen molar-refractivity contribution in [1.29, 1.82) is 0 Å². The fourth-order valence-corrected chi connectivity index (χ4v) is 2.15. The van der Waals surface area contributed by atoms with E-state index < -0.39 is 10.5 Å². The molecule has 0 aromatic heterocycles. The first-order valence-corrected chi connectivity index (χ1v) is 7.36. The first-order valence-electron chi connectivity index (χ1n) is 5.78. The molecule has 3 N–H and O–H groups in total. The molecule has 0 aromatic carbocycles. The molecular formula is C10H24NO3S+2. The Bertz CT molecular complexity index is 188. The van der Waals surface area contributed by atoms with Gasteiger partial charge in [-0.2, -0.15) is 5.90 Å². The van der Waals surface area contributed by atoms with Crippen molar-refractivity contribution in [2.45, 2.75) is 58.3 Å². The normalized spacial score (nSPS) is 15.1. The van der Waals surface area contributed by atoms with Crippen LogP contribution in [-0.4, -0.2) is 5.75 Å². The molecule has 1 atom stereocenters. The third kappa shape index (κ3) is 10.3. The molecule has 0 aliphatic carbocycles. The van der Waals surface area contributed by atoms with Crippen LogP contribution >= 0.6 is 0 Å². The molecule has 0 rings (SSSR count). The zero-order chi connectivity index (χ0) is 11.6. The third-order valence-electron chi connectivity index (χ3n) is 2.43. The molecule has 0 spiro atoms. The van der Waals surface area contributed by atoms with E-state index in [0.29, 0.717) is 6.42 Å². The van der Waals surface area contributed by atoms with Crippen LogP contribution in [0.25, 0.3) is 0 Å². The van der Waals surface area contributed by atoms with Crippen LogP contribution < -0.4 is 5.90 Å². The molecule has 4 nitrogen and oxygen atoms in total. The Balaban J connectivity index is 3.15. The van der Waals surface area contributed by atoms with Gasteiger partial charge >= 0.3 is 10.5 Å². The Morgan fingerprint density at radius 3 is 1.93 bits per heavy atom. The second-order valence-corrected chi connectivity index (χ2v) is 5.61. The summed E-state index contributed by atoms with van der Waals surface area (Å²) in [5.41, 5.74) is 0. The molecule has 91 valence electrons. The Labute approximate surface area is 94.0 Å². The summed E-state index contributed by atoms with van der Waals surface area (Å²) in [5, 5.41) is 0. The fraction of sp³-hybridized carbons (Fsp3) is 1.00. The van der Waals surface area contributed by atoms with E-state index in [1.807, 2.05) is 0 Å². The van der Waals surface area contributed by atoms with Gasteiger partial charge in [0.2, 0.25) is 0 Å². The lowest BCUT2D eigenvalue weighted by molar-refractivity contribution is -0.637. The van der Waals surface area contributed by atoms with Crippen molar-refractivity contribution in [3.05, 3.63) is 0 Å². The lowest BCUT2D eigenvalue weighted by Crippen LogP contribution is -2.53. The molecule has 0 fully saturated rings. The molecule has 1 radical (unpaired) electrons. The maximum atomic E-state index is 10.9. The number of hydrogen-bond donors (Lipinski definition) is 1. The maximum Gasteiger partial charge on any atom is 0.448 e. The van der Waals surface area contributed by atoms with Crippen LogP contribution in [0.2, 0.25) is 0 Å². The zero-order valence-corrected chi connectivity index (χ0v) is 10.5. The van der Waals surface area contributed by atoms with Gasteiger partial charge in [-0.1, -0.05) is 45.4 Å². The lowest BCUT2D eigenvalue weighted by atomic mass is 10.1. The lowest BCUT2D eigenvalue weighted by Gasteiger charge is -1.99. The van der Waals surface area contributed by atoms with Crippen molar-refractivity contribution in [3.63, 3.8) is 0 Å². The van der Waals surface area contributed by atoms with Gasteiger partial charge in [0, 0.05) is 4.28 Å². The topological polar surface area (TPSA) is 73.8 Å². The highest BCUT2D eigenvalue weighted by Gasteiger charge is 2.31. The Hall–Kier alpha value is 0.0300. The van der Waals surface area contributed by atoms with E-state index in [2.05, 4.69) is 17.1 Å². The molecule has 0 bridgehead atoms. The largest absolute Gasteiger partial charge is 0.448 e. The van der Waals surface area contributed by atoms with E-state index in [1.54, 1.807) is 0 Å². The molecule has 0 aliphatic rings. The van der Waals surface area contributed by atoms with Crippen molar-refractivity contribution >= 4 is 10.5 Å². The van der Waals surface area contributed by atoms with Gasteiger partial charge in [-0.25, -0.2) is 0 Å². The van der Waals surface area contributed by atoms with Crippen LogP contribution in [0.15, 0.2) is 0 Å². The summed E-state index contributed by atoms with van der Waals surface area (Å²) in [6.45, 7) is 2.20. The molecule has 0 heterocycles. The summed E-state index contributed by atoms with van der Waals surface area (Å²) < 4.78 is 25.9. The van der Waals surface area contributed by atoms with Gasteiger partial charge in [0.05, 0.1) is 4.55 Å². The van der Waals surface area contributed by atoms with Crippen LogP contribution in [0, 0.1) is 0 Å². The first kappa shape index (κ1) is 15.0. The maximum absolute atomic E-state index is 10.9. The van der Waals surface area contributed by atoms with E-state index in [-0.39, 0.29) is 5.75 Å². The summed E-state index contributed by atoms with van der Waals surface area (Å²) in [7, 11) is -3.33. The Morgan fingerprint density at radius 2 is 1.47 bits per heavy atom. The molecule has 1 unspecified atom stereocenters. The average molecular weight is 238 g/mol. The molecule has 0 amide bonds. The molecule has 0 aromatic rings. The summed E-state index contributed by atoms with van der Waals surface area (Å²) in [5.74, 6) is 3.02. The van der Waals surface area contributed by atoms with Gasteiger partial charge in [-0.3, -0.25) is 0 Å². The standard InChI is InChI=1S/C10H24NO3S/c1-2-3-4-5-6-7-8-9-10-15(12,13)14-11/h2-10H2,1,11H3/q+2. The van der Waals surface area contributed by atoms with Crippen LogP contribution in [0.1, 0.15) is 58.3 Å². The van der Waals surface area contributed by atoms with Gasteiger partial charge in [-0.15, -0.1) is 0 Å². The summed E-state index contributed by atoms with van der Waals surface area (Å²) in [6, 6.07) is 0. The Morgan fingerprint density at radius 1 is 1.00 bits per heavy atom. The minimum absolute atomic E-state index is 0.103. The van der Waals surface area contributed by atoms with Gasteiger partial charge < -0.3 is 0 Å². The van der Waals surface area contributed by atoms with Crippen LogP contribution in [-0.2, 0) is 23.5 Å². The second-order valence-electron chi connectivity index (χ2n) is 3.85. The summed E-state index contributed by atoms with van der Waals surface area (Å²) in [6.07, 6.45) is 9.13. The quantitative estimate of drug-likeness (QED) is 0.359. The fourth-order valence-electron chi connectivity index (χ4n) is 1.47. The van der Waals surface area contributed by atoms with Crippen LogP contribution in [0.5, 0.6) is 0 Å². The van der Waals surface area contributed by atoms with Crippen LogP contribution in [0.4, 0.5) is 0 Å². The first-order chi connectivity index (χ1) is 7.12. The van der Waals surface area contributed by atoms with Gasteiger partial charge in [-0.05, 0) is 17.1 Å². The van der Waals surface area contributed by atoms with Crippen molar-refractivity contribution in [2.75, 3.05) is 5.75 Å². The highest BCUT2D eigenvalue weighted by atomic mass is 32.3. The minimum atomic E-state index is -3.33. The van der Waals surface area contributed by atoms with E-state index in [9.17, 15) is 8.76 Å². The third-order valence-corrected chi connectivity index (χ3v) is 3.58. The van der Waals surface area contributed by atoms with Gasteiger partial charge in [0.25, 0.3) is 0 Å².